The first-order chi connectivity index (χ1) is 8.95. The molecule has 0 bridgehead atoms. The summed E-state index contributed by atoms with van der Waals surface area (Å²) in [6.07, 6.45) is 0.947. The van der Waals surface area contributed by atoms with Crippen molar-refractivity contribution in [2.45, 2.75) is 27.2 Å². The van der Waals surface area contributed by atoms with Crippen LogP contribution in [-0.2, 0) is 0 Å². The van der Waals surface area contributed by atoms with Gasteiger partial charge >= 0.3 is 0 Å². The molecule has 0 aliphatic rings. The summed E-state index contributed by atoms with van der Waals surface area (Å²) in [5, 5.41) is 14.5. The first-order valence-electron chi connectivity index (χ1n) is 6.04. The number of nitro benzene ring substituents is 1. The fraction of sp³-hybridized carbons (Fsp3) is 0.385. The van der Waals surface area contributed by atoms with Crippen molar-refractivity contribution in [3.05, 3.63) is 39.9 Å². The summed E-state index contributed by atoms with van der Waals surface area (Å²) in [5.41, 5.74) is 3.58. The molecule has 19 heavy (non-hydrogen) atoms. The van der Waals surface area contributed by atoms with E-state index >= 15 is 0 Å². The molecule has 6 heteroatoms. The fourth-order valence-electron chi connectivity index (χ4n) is 1.34. The van der Waals surface area contributed by atoms with E-state index in [-0.39, 0.29) is 11.6 Å². The molecular weight excluding hydrogens is 246 g/mol. The molecule has 0 aromatic heterocycles. The summed E-state index contributed by atoms with van der Waals surface area (Å²) in [5.74, 6) is -0.0743. The number of non-ortho nitro benzene ring substituents is 1. The van der Waals surface area contributed by atoms with Gasteiger partial charge in [0.2, 0.25) is 0 Å². The van der Waals surface area contributed by atoms with Crippen LogP contribution in [0.25, 0.3) is 0 Å². The van der Waals surface area contributed by atoms with E-state index in [0.29, 0.717) is 11.5 Å². The van der Waals surface area contributed by atoms with Gasteiger partial charge in [0.15, 0.2) is 0 Å². The average Bonchev–Trinajstić information content (AvgIpc) is 2.43. The zero-order valence-electron chi connectivity index (χ0n) is 11.2. The van der Waals surface area contributed by atoms with Crippen molar-refractivity contribution in [1.29, 1.82) is 0 Å². The SMILES string of the molecule is CC[C@H](C)/C(C)=N\NC(=O)c1ccc([N+](=O)[O-])cc1. The van der Waals surface area contributed by atoms with Crippen LogP contribution in [0.5, 0.6) is 0 Å². The Morgan fingerprint density at radius 1 is 1.42 bits per heavy atom. The molecular formula is C13H17N3O3. The fourth-order valence-corrected chi connectivity index (χ4v) is 1.34. The summed E-state index contributed by atoms with van der Waals surface area (Å²) >= 11 is 0. The highest BCUT2D eigenvalue weighted by atomic mass is 16.6. The van der Waals surface area contributed by atoms with Gasteiger partial charge in [-0.15, -0.1) is 0 Å². The van der Waals surface area contributed by atoms with E-state index < -0.39 is 4.92 Å². The third-order valence-corrected chi connectivity index (χ3v) is 3.00. The number of carbonyl (C=O) groups is 1. The lowest BCUT2D eigenvalue weighted by molar-refractivity contribution is -0.384. The Morgan fingerprint density at radius 2 is 2.00 bits per heavy atom. The molecule has 1 N–H and O–H groups in total. The summed E-state index contributed by atoms with van der Waals surface area (Å²) in [4.78, 5) is 21.7. The third-order valence-electron chi connectivity index (χ3n) is 3.00. The maximum absolute atomic E-state index is 11.8. The van der Waals surface area contributed by atoms with Crippen LogP contribution < -0.4 is 5.43 Å². The van der Waals surface area contributed by atoms with E-state index in [1.54, 1.807) is 0 Å². The van der Waals surface area contributed by atoms with Crippen molar-refractivity contribution in [3.63, 3.8) is 0 Å². The van der Waals surface area contributed by atoms with Crippen LogP contribution in [0.3, 0.4) is 0 Å². The number of hydrogen-bond donors (Lipinski definition) is 1. The molecule has 0 aliphatic carbocycles. The number of hydrazone groups is 1. The highest BCUT2D eigenvalue weighted by molar-refractivity contribution is 5.95. The molecule has 102 valence electrons. The van der Waals surface area contributed by atoms with E-state index in [0.717, 1.165) is 12.1 Å². The summed E-state index contributed by atoms with van der Waals surface area (Å²) < 4.78 is 0. The number of nitrogens with one attached hydrogen (secondary N) is 1. The molecule has 0 saturated carbocycles. The van der Waals surface area contributed by atoms with Gasteiger partial charge in [0.25, 0.3) is 11.6 Å². The lowest BCUT2D eigenvalue weighted by Crippen LogP contribution is -2.20. The van der Waals surface area contributed by atoms with Gasteiger partial charge in [-0.25, -0.2) is 5.43 Å². The molecule has 1 aromatic rings. The van der Waals surface area contributed by atoms with Gasteiger partial charge in [-0.1, -0.05) is 13.8 Å². The van der Waals surface area contributed by atoms with E-state index in [1.165, 1.54) is 24.3 Å². The van der Waals surface area contributed by atoms with Crippen LogP contribution >= 0.6 is 0 Å². The van der Waals surface area contributed by atoms with Crippen molar-refractivity contribution in [3.8, 4) is 0 Å². The lowest BCUT2D eigenvalue weighted by Gasteiger charge is -2.07. The van der Waals surface area contributed by atoms with Crippen molar-refractivity contribution in [2.75, 3.05) is 0 Å². The molecule has 1 rings (SSSR count). The van der Waals surface area contributed by atoms with E-state index in [1.807, 2.05) is 20.8 Å². The minimum absolute atomic E-state index is 0.0455. The second kappa shape index (κ2) is 6.63. The van der Waals surface area contributed by atoms with Gasteiger partial charge in [0.1, 0.15) is 0 Å². The molecule has 0 unspecified atom stereocenters. The Morgan fingerprint density at radius 3 is 2.47 bits per heavy atom. The molecule has 0 radical (unpaired) electrons. The van der Waals surface area contributed by atoms with E-state index in [2.05, 4.69) is 10.5 Å². The summed E-state index contributed by atoms with van der Waals surface area (Å²) in [7, 11) is 0. The Bertz CT molecular complexity index is 494. The number of carbonyl (C=O) groups excluding carboxylic acids is 1. The number of hydrogen-bond acceptors (Lipinski definition) is 4. The second-order valence-electron chi connectivity index (χ2n) is 4.31. The van der Waals surface area contributed by atoms with Gasteiger partial charge in [-0.05, 0) is 31.4 Å². The van der Waals surface area contributed by atoms with Gasteiger partial charge in [-0.2, -0.15) is 5.10 Å². The first kappa shape index (κ1) is 14.8. The third kappa shape index (κ3) is 4.17. The first-order valence-corrected chi connectivity index (χ1v) is 6.04. The molecule has 0 saturated heterocycles. The van der Waals surface area contributed by atoms with Crippen LogP contribution in [0.4, 0.5) is 5.69 Å². The van der Waals surface area contributed by atoms with Gasteiger partial charge in [0, 0.05) is 23.4 Å². The minimum atomic E-state index is -0.507. The van der Waals surface area contributed by atoms with Crippen molar-refractivity contribution in [2.24, 2.45) is 11.0 Å². The van der Waals surface area contributed by atoms with E-state index in [9.17, 15) is 14.9 Å². The molecule has 0 aliphatic heterocycles. The van der Waals surface area contributed by atoms with Crippen molar-refractivity contribution >= 4 is 17.3 Å². The molecule has 1 aromatic carbocycles. The molecule has 6 nitrogen and oxygen atoms in total. The van der Waals surface area contributed by atoms with Crippen molar-refractivity contribution in [1.82, 2.24) is 5.43 Å². The zero-order valence-corrected chi connectivity index (χ0v) is 11.2. The number of rotatable bonds is 5. The second-order valence-corrected chi connectivity index (χ2v) is 4.31. The normalized spacial score (nSPS) is 12.9. The predicted octanol–water partition coefficient (Wildman–Crippen LogP) is 2.75. The molecule has 0 fully saturated rings. The van der Waals surface area contributed by atoms with Gasteiger partial charge < -0.3 is 0 Å². The van der Waals surface area contributed by atoms with Crippen LogP contribution in [0, 0.1) is 16.0 Å². The summed E-state index contributed by atoms with van der Waals surface area (Å²) in [6.45, 7) is 5.92. The average molecular weight is 263 g/mol. The Balaban J connectivity index is 2.71. The summed E-state index contributed by atoms with van der Waals surface area (Å²) in [6, 6.07) is 5.39. The largest absolute Gasteiger partial charge is 0.271 e. The monoisotopic (exact) mass is 263 g/mol. The van der Waals surface area contributed by atoms with Crippen LogP contribution in [0.1, 0.15) is 37.6 Å². The maximum atomic E-state index is 11.8. The topological polar surface area (TPSA) is 84.6 Å². The lowest BCUT2D eigenvalue weighted by atomic mass is 10.1. The molecule has 0 spiro atoms. The zero-order chi connectivity index (χ0) is 14.4. The Labute approximate surface area is 111 Å². The number of amides is 1. The standard InChI is InChI=1S/C13H17N3O3/c1-4-9(2)10(3)14-15-13(17)11-5-7-12(8-6-11)16(18)19/h5-9H,4H2,1-3H3,(H,15,17)/b14-10-/t9-/m0/s1. The minimum Gasteiger partial charge on any atom is -0.267 e. The highest BCUT2D eigenvalue weighted by Crippen LogP contribution is 2.11. The Kier molecular flexibility index (Phi) is 5.17. The molecule has 1 amide bonds. The smallest absolute Gasteiger partial charge is 0.267 e. The van der Waals surface area contributed by atoms with Crippen LogP contribution in [-0.4, -0.2) is 16.5 Å². The van der Waals surface area contributed by atoms with Crippen LogP contribution in [0.15, 0.2) is 29.4 Å². The number of benzene rings is 1. The van der Waals surface area contributed by atoms with Gasteiger partial charge in [-0.3, -0.25) is 14.9 Å². The predicted molar refractivity (Wildman–Crippen MR) is 73.1 cm³/mol. The number of nitrogens with zero attached hydrogens (tertiary/aromatic N) is 2. The van der Waals surface area contributed by atoms with Crippen LogP contribution in [0.2, 0.25) is 0 Å². The van der Waals surface area contributed by atoms with E-state index in [4.69, 9.17) is 0 Å². The van der Waals surface area contributed by atoms with Crippen molar-refractivity contribution < 1.29 is 9.72 Å². The Hall–Kier alpha value is -2.24. The molecule has 0 heterocycles. The molecule has 1 atom stereocenters. The van der Waals surface area contributed by atoms with Gasteiger partial charge in [0.05, 0.1) is 4.92 Å². The highest BCUT2D eigenvalue weighted by Gasteiger charge is 2.09. The number of nitro groups is 1. The maximum Gasteiger partial charge on any atom is 0.271 e. The quantitative estimate of drug-likeness (QED) is 0.503.